The van der Waals surface area contributed by atoms with Gasteiger partial charge in [0.1, 0.15) is 5.82 Å². The van der Waals surface area contributed by atoms with Crippen molar-refractivity contribution in [2.75, 3.05) is 49.1 Å². The number of aromatic nitrogens is 1. The van der Waals surface area contributed by atoms with Crippen molar-refractivity contribution in [2.45, 2.75) is 45.7 Å². The maximum Gasteiger partial charge on any atom is 0.128 e. The summed E-state index contributed by atoms with van der Waals surface area (Å²) >= 11 is 0. The van der Waals surface area contributed by atoms with Gasteiger partial charge in [0.25, 0.3) is 0 Å². The summed E-state index contributed by atoms with van der Waals surface area (Å²) in [4.78, 5) is 12.2. The van der Waals surface area contributed by atoms with Crippen molar-refractivity contribution in [1.29, 1.82) is 0 Å². The van der Waals surface area contributed by atoms with Crippen LogP contribution in [0, 0.1) is 0 Å². The van der Waals surface area contributed by atoms with E-state index in [0.29, 0.717) is 12.6 Å². The molecule has 0 unspecified atom stereocenters. The fraction of sp³-hybridized carbons (Fsp3) is 0.542. The zero-order valence-electron chi connectivity index (χ0n) is 18.0. The molecule has 0 aliphatic carbocycles. The molecule has 0 spiro atoms. The van der Waals surface area contributed by atoms with Gasteiger partial charge in [0.15, 0.2) is 0 Å². The Hall–Kier alpha value is -2.11. The van der Waals surface area contributed by atoms with E-state index in [1.807, 2.05) is 6.20 Å². The Labute approximate surface area is 175 Å². The summed E-state index contributed by atoms with van der Waals surface area (Å²) in [5.74, 6) is 1.08. The van der Waals surface area contributed by atoms with Crippen molar-refractivity contribution in [2.24, 2.45) is 5.73 Å². The predicted molar refractivity (Wildman–Crippen MR) is 123 cm³/mol. The van der Waals surface area contributed by atoms with Crippen LogP contribution in [0.15, 0.2) is 36.5 Å². The molecule has 29 heavy (non-hydrogen) atoms. The quantitative estimate of drug-likeness (QED) is 0.839. The topological polar surface area (TPSA) is 48.6 Å². The lowest BCUT2D eigenvalue weighted by Gasteiger charge is -2.37. The van der Waals surface area contributed by atoms with Crippen LogP contribution in [-0.2, 0) is 6.54 Å². The molecule has 156 valence electrons. The summed E-state index contributed by atoms with van der Waals surface area (Å²) in [5.41, 5.74) is 11.0. The van der Waals surface area contributed by atoms with E-state index in [1.54, 1.807) is 0 Å². The molecule has 0 radical (unpaired) electrons. The smallest absolute Gasteiger partial charge is 0.128 e. The largest absolute Gasteiger partial charge is 0.372 e. The first kappa shape index (κ1) is 20.2. The van der Waals surface area contributed by atoms with Gasteiger partial charge in [-0.1, -0.05) is 6.07 Å². The zero-order valence-corrected chi connectivity index (χ0v) is 18.0. The maximum absolute atomic E-state index is 6.12. The molecular weight excluding hydrogens is 358 g/mol. The van der Waals surface area contributed by atoms with Gasteiger partial charge in [-0.2, -0.15) is 0 Å². The van der Waals surface area contributed by atoms with E-state index in [4.69, 9.17) is 10.7 Å². The van der Waals surface area contributed by atoms with Crippen LogP contribution in [0.3, 0.4) is 0 Å². The summed E-state index contributed by atoms with van der Waals surface area (Å²) in [7, 11) is 0. The lowest BCUT2D eigenvalue weighted by Crippen LogP contribution is -2.49. The van der Waals surface area contributed by atoms with Crippen molar-refractivity contribution >= 4 is 11.5 Å². The number of pyridine rings is 1. The molecule has 2 fully saturated rings. The molecule has 2 saturated heterocycles. The van der Waals surface area contributed by atoms with E-state index in [-0.39, 0.29) is 0 Å². The second kappa shape index (κ2) is 9.14. The number of piperazine rings is 1. The van der Waals surface area contributed by atoms with Crippen LogP contribution in [0.4, 0.5) is 11.5 Å². The Bertz CT molecular complexity index is 787. The molecule has 5 heteroatoms. The first-order chi connectivity index (χ1) is 14.2. The highest BCUT2D eigenvalue weighted by molar-refractivity contribution is 5.71. The Morgan fingerprint density at radius 3 is 2.28 bits per heavy atom. The van der Waals surface area contributed by atoms with Crippen LogP contribution < -0.4 is 15.5 Å². The molecule has 0 amide bonds. The molecule has 2 aromatic rings. The Kier molecular flexibility index (Phi) is 6.36. The lowest BCUT2D eigenvalue weighted by atomic mass is 9.99. The summed E-state index contributed by atoms with van der Waals surface area (Å²) in [5, 5.41) is 0. The van der Waals surface area contributed by atoms with Crippen LogP contribution in [0.2, 0.25) is 0 Å². The van der Waals surface area contributed by atoms with E-state index in [9.17, 15) is 0 Å². The minimum atomic E-state index is 0.552. The van der Waals surface area contributed by atoms with Gasteiger partial charge in [-0.15, -0.1) is 0 Å². The van der Waals surface area contributed by atoms with Crippen LogP contribution in [0.25, 0.3) is 11.1 Å². The van der Waals surface area contributed by atoms with Crippen LogP contribution in [-0.4, -0.2) is 55.2 Å². The second-order valence-electron chi connectivity index (χ2n) is 8.62. The van der Waals surface area contributed by atoms with Gasteiger partial charge in [0.2, 0.25) is 0 Å². The van der Waals surface area contributed by atoms with Gasteiger partial charge in [-0.3, -0.25) is 4.90 Å². The SMILES string of the molecule is CC(C)N1CCN(c2ccc(-c3ccc(N4CCCCC4)cc3CN)cn2)CC1. The third kappa shape index (κ3) is 4.57. The summed E-state index contributed by atoms with van der Waals surface area (Å²) < 4.78 is 0. The first-order valence-electron chi connectivity index (χ1n) is 11.2. The fourth-order valence-corrected chi connectivity index (χ4v) is 4.58. The third-order valence-corrected chi connectivity index (χ3v) is 6.46. The molecule has 1 aromatic carbocycles. The normalized spacial score (nSPS) is 18.5. The molecule has 0 atom stereocenters. The summed E-state index contributed by atoms with van der Waals surface area (Å²) in [6.07, 6.45) is 5.94. The third-order valence-electron chi connectivity index (χ3n) is 6.46. The number of hydrogen-bond acceptors (Lipinski definition) is 5. The van der Waals surface area contributed by atoms with Crippen molar-refractivity contribution in [3.05, 3.63) is 42.1 Å². The Morgan fingerprint density at radius 1 is 0.897 bits per heavy atom. The van der Waals surface area contributed by atoms with Gasteiger partial charge in [-0.05, 0) is 68.5 Å². The number of benzene rings is 1. The molecule has 5 nitrogen and oxygen atoms in total. The summed E-state index contributed by atoms with van der Waals surface area (Å²) in [6, 6.07) is 11.7. The van der Waals surface area contributed by atoms with E-state index in [1.165, 1.54) is 36.1 Å². The van der Waals surface area contributed by atoms with Gasteiger partial charge in [0, 0.05) is 69.3 Å². The van der Waals surface area contributed by atoms with Gasteiger partial charge in [-0.25, -0.2) is 4.98 Å². The van der Waals surface area contributed by atoms with Crippen molar-refractivity contribution in [3.63, 3.8) is 0 Å². The van der Waals surface area contributed by atoms with Crippen LogP contribution in [0.1, 0.15) is 38.7 Å². The van der Waals surface area contributed by atoms with Crippen molar-refractivity contribution in [1.82, 2.24) is 9.88 Å². The predicted octanol–water partition coefficient (Wildman–Crippen LogP) is 3.73. The first-order valence-corrected chi connectivity index (χ1v) is 11.2. The monoisotopic (exact) mass is 393 g/mol. The average molecular weight is 394 g/mol. The van der Waals surface area contributed by atoms with E-state index < -0.39 is 0 Å². The fourth-order valence-electron chi connectivity index (χ4n) is 4.58. The van der Waals surface area contributed by atoms with Gasteiger partial charge < -0.3 is 15.5 Å². The highest BCUT2D eigenvalue weighted by Crippen LogP contribution is 2.30. The zero-order chi connectivity index (χ0) is 20.2. The summed E-state index contributed by atoms with van der Waals surface area (Å²) in [6.45, 7) is 11.7. The molecule has 3 heterocycles. The van der Waals surface area contributed by atoms with E-state index >= 15 is 0 Å². The van der Waals surface area contributed by atoms with E-state index in [2.05, 4.69) is 58.9 Å². The molecule has 2 aliphatic heterocycles. The van der Waals surface area contributed by atoms with Crippen molar-refractivity contribution < 1.29 is 0 Å². The number of anilines is 2. The second-order valence-corrected chi connectivity index (χ2v) is 8.62. The molecule has 0 saturated carbocycles. The highest BCUT2D eigenvalue weighted by atomic mass is 15.3. The maximum atomic E-state index is 6.12. The number of rotatable bonds is 5. The Balaban J connectivity index is 1.48. The van der Waals surface area contributed by atoms with Gasteiger partial charge >= 0.3 is 0 Å². The molecule has 4 rings (SSSR count). The van der Waals surface area contributed by atoms with E-state index in [0.717, 1.165) is 50.6 Å². The molecule has 0 bridgehead atoms. The Morgan fingerprint density at radius 2 is 1.66 bits per heavy atom. The minimum Gasteiger partial charge on any atom is -0.372 e. The van der Waals surface area contributed by atoms with Crippen molar-refractivity contribution in [3.8, 4) is 11.1 Å². The number of nitrogens with zero attached hydrogens (tertiary/aromatic N) is 4. The number of hydrogen-bond donors (Lipinski definition) is 1. The van der Waals surface area contributed by atoms with Gasteiger partial charge in [0.05, 0.1) is 0 Å². The van der Waals surface area contributed by atoms with Crippen LogP contribution >= 0.6 is 0 Å². The van der Waals surface area contributed by atoms with Crippen LogP contribution in [0.5, 0.6) is 0 Å². The molecule has 2 aliphatic rings. The molecular formula is C24H35N5. The molecule has 2 N–H and O–H groups in total. The lowest BCUT2D eigenvalue weighted by molar-refractivity contribution is 0.209. The standard InChI is InChI=1S/C24H35N5/c1-19(2)27-12-14-29(15-13-27)24-9-6-20(18-26-24)23-8-7-22(16-21(23)17-25)28-10-4-3-5-11-28/h6-9,16,18-19H,3-5,10-15,17,25H2,1-2H3. The number of nitrogens with two attached hydrogens (primary N) is 1. The number of piperidine rings is 1. The average Bonchev–Trinajstić information content (AvgIpc) is 2.79. The highest BCUT2D eigenvalue weighted by Gasteiger charge is 2.20. The molecule has 1 aromatic heterocycles. The minimum absolute atomic E-state index is 0.552.